The molecule has 0 aliphatic heterocycles. The van der Waals surface area contributed by atoms with Gasteiger partial charge in [-0.2, -0.15) is 0 Å². The molecule has 3 N–H and O–H groups in total. The summed E-state index contributed by atoms with van der Waals surface area (Å²) in [6.07, 6.45) is 8.48. The van der Waals surface area contributed by atoms with Crippen molar-refractivity contribution in [1.29, 1.82) is 0 Å². The fourth-order valence-corrected chi connectivity index (χ4v) is 2.73. The molecule has 0 spiro atoms. The first-order valence-electron chi connectivity index (χ1n) is 14.6. The molecule has 39 heavy (non-hydrogen) atoms. The van der Waals surface area contributed by atoms with E-state index in [2.05, 4.69) is 44.0 Å². The third-order valence-electron chi connectivity index (χ3n) is 5.16. The SMILES string of the molecule is C=CCOC.C=CCOCCOCCOCCC.CCCOCCOCCC(O)NCCCC[C@@H](C)C(C)O. The number of rotatable bonds is 27. The van der Waals surface area contributed by atoms with Crippen LogP contribution in [-0.2, 0) is 28.4 Å². The maximum atomic E-state index is 9.72. The molecular formula is C30H63NO8. The van der Waals surface area contributed by atoms with Gasteiger partial charge in [-0.25, -0.2) is 0 Å². The molecule has 0 aliphatic rings. The topological polar surface area (TPSA) is 108 Å². The van der Waals surface area contributed by atoms with Crippen molar-refractivity contribution in [1.82, 2.24) is 5.32 Å². The second-order valence-corrected chi connectivity index (χ2v) is 9.03. The van der Waals surface area contributed by atoms with Crippen molar-refractivity contribution in [2.24, 2.45) is 5.92 Å². The summed E-state index contributed by atoms with van der Waals surface area (Å²) in [7, 11) is 1.64. The number of unbranched alkanes of at least 4 members (excludes halogenated alkanes) is 1. The molecule has 0 aromatic heterocycles. The number of nitrogens with one attached hydrogen (secondary N) is 1. The van der Waals surface area contributed by atoms with Crippen molar-refractivity contribution in [3.63, 3.8) is 0 Å². The van der Waals surface area contributed by atoms with Crippen molar-refractivity contribution >= 4 is 0 Å². The van der Waals surface area contributed by atoms with Crippen LogP contribution in [0.5, 0.6) is 0 Å². The van der Waals surface area contributed by atoms with Gasteiger partial charge < -0.3 is 38.6 Å². The van der Waals surface area contributed by atoms with Crippen LogP contribution in [0.15, 0.2) is 25.3 Å². The van der Waals surface area contributed by atoms with E-state index in [1.54, 1.807) is 19.3 Å². The molecule has 3 atom stereocenters. The highest BCUT2D eigenvalue weighted by Gasteiger charge is 2.08. The lowest BCUT2D eigenvalue weighted by atomic mass is 9.99. The largest absolute Gasteiger partial charge is 0.393 e. The van der Waals surface area contributed by atoms with Gasteiger partial charge in [0, 0.05) is 26.7 Å². The second-order valence-electron chi connectivity index (χ2n) is 9.03. The van der Waals surface area contributed by atoms with E-state index in [1.165, 1.54) is 0 Å². The van der Waals surface area contributed by atoms with E-state index < -0.39 is 6.23 Å². The lowest BCUT2D eigenvalue weighted by molar-refractivity contribution is 0.0197. The zero-order valence-electron chi connectivity index (χ0n) is 25.9. The van der Waals surface area contributed by atoms with E-state index in [-0.39, 0.29) is 6.10 Å². The number of aliphatic hydroxyl groups excluding tert-OH is 2. The number of aliphatic hydroxyl groups is 2. The summed E-state index contributed by atoms with van der Waals surface area (Å²) in [6.45, 7) is 23.0. The molecule has 0 heterocycles. The summed E-state index contributed by atoms with van der Waals surface area (Å²) in [5, 5.41) is 22.2. The van der Waals surface area contributed by atoms with Crippen LogP contribution < -0.4 is 5.32 Å². The molecule has 0 aromatic rings. The van der Waals surface area contributed by atoms with Crippen molar-refractivity contribution in [2.75, 3.05) is 86.3 Å². The molecule has 9 nitrogen and oxygen atoms in total. The standard InChI is InChI=1S/C16H35NO4.C10H20O3.C4H8O/c1-4-10-20-12-13-21-11-8-16(19)17-9-6-5-7-14(2)15(3)18;1-3-5-11-7-9-13-10-8-12-6-4-2;1-3-4-5-2/h14-19H,4-13H2,1-3H3;3H,1,4-10H2,2H3;3H,1,4H2,2H3/t14-,15?,16?;;/m1../s1. The van der Waals surface area contributed by atoms with Crippen LogP contribution in [0.2, 0.25) is 0 Å². The van der Waals surface area contributed by atoms with Gasteiger partial charge in [0.2, 0.25) is 0 Å². The first-order valence-corrected chi connectivity index (χ1v) is 14.6. The Kier molecular flexibility index (Phi) is 42.9. The number of hydrogen-bond acceptors (Lipinski definition) is 9. The van der Waals surface area contributed by atoms with Crippen molar-refractivity contribution in [3.8, 4) is 0 Å². The first-order chi connectivity index (χ1) is 18.9. The van der Waals surface area contributed by atoms with E-state index in [9.17, 15) is 10.2 Å². The van der Waals surface area contributed by atoms with Gasteiger partial charge in [-0.3, -0.25) is 5.32 Å². The van der Waals surface area contributed by atoms with Crippen LogP contribution in [0.1, 0.15) is 66.2 Å². The lowest BCUT2D eigenvalue weighted by Gasteiger charge is -2.15. The van der Waals surface area contributed by atoms with Gasteiger partial charge in [0.15, 0.2) is 0 Å². The summed E-state index contributed by atoms with van der Waals surface area (Å²) in [5.74, 6) is 0.346. The summed E-state index contributed by atoms with van der Waals surface area (Å²) in [5.41, 5.74) is 0. The van der Waals surface area contributed by atoms with Gasteiger partial charge in [0.25, 0.3) is 0 Å². The van der Waals surface area contributed by atoms with Crippen LogP contribution in [0, 0.1) is 5.92 Å². The normalized spacial score (nSPS) is 12.9. The van der Waals surface area contributed by atoms with E-state index in [1.807, 2.05) is 6.92 Å². The highest BCUT2D eigenvalue weighted by Crippen LogP contribution is 2.11. The Hall–Kier alpha value is -0.880. The summed E-state index contributed by atoms with van der Waals surface area (Å²) >= 11 is 0. The smallest absolute Gasteiger partial charge is 0.107 e. The van der Waals surface area contributed by atoms with E-state index in [0.717, 1.165) is 51.9 Å². The first kappa shape index (κ1) is 42.6. The minimum Gasteiger partial charge on any atom is -0.393 e. The minimum atomic E-state index is -0.504. The molecule has 9 heteroatoms. The predicted molar refractivity (Wildman–Crippen MR) is 160 cm³/mol. The molecular weight excluding hydrogens is 502 g/mol. The quantitative estimate of drug-likeness (QED) is 0.0760. The monoisotopic (exact) mass is 565 g/mol. The molecule has 0 bridgehead atoms. The average molecular weight is 566 g/mol. The molecule has 0 saturated carbocycles. The number of methoxy groups -OCH3 is 1. The fourth-order valence-electron chi connectivity index (χ4n) is 2.73. The molecule has 2 unspecified atom stereocenters. The Balaban J connectivity index is -0.000000609. The number of hydrogen-bond donors (Lipinski definition) is 3. The minimum absolute atomic E-state index is 0.234. The number of ether oxygens (including phenoxy) is 6. The second kappa shape index (κ2) is 39.3. The van der Waals surface area contributed by atoms with Crippen molar-refractivity contribution in [3.05, 3.63) is 25.3 Å². The van der Waals surface area contributed by atoms with E-state index >= 15 is 0 Å². The average Bonchev–Trinajstić information content (AvgIpc) is 2.92. The molecule has 0 aromatic carbocycles. The van der Waals surface area contributed by atoms with Gasteiger partial charge in [0.05, 0.1) is 65.6 Å². The van der Waals surface area contributed by atoms with Gasteiger partial charge in [-0.15, -0.1) is 13.2 Å². The van der Waals surface area contributed by atoms with Crippen LogP contribution in [0.4, 0.5) is 0 Å². The zero-order chi connectivity index (χ0) is 29.8. The van der Waals surface area contributed by atoms with E-state index in [4.69, 9.17) is 23.7 Å². The van der Waals surface area contributed by atoms with Gasteiger partial charge in [0.1, 0.15) is 6.23 Å². The van der Waals surface area contributed by atoms with E-state index in [0.29, 0.717) is 71.8 Å². The Morgan fingerprint density at radius 1 is 0.667 bits per heavy atom. The Labute approximate surface area is 240 Å². The Morgan fingerprint density at radius 3 is 1.59 bits per heavy atom. The molecule has 0 fully saturated rings. The fraction of sp³-hybridized carbons (Fsp3) is 0.867. The third-order valence-corrected chi connectivity index (χ3v) is 5.16. The van der Waals surface area contributed by atoms with Crippen LogP contribution in [-0.4, -0.2) is 109 Å². The van der Waals surface area contributed by atoms with Gasteiger partial charge in [-0.05, 0) is 45.1 Å². The molecule has 0 aliphatic carbocycles. The highest BCUT2D eigenvalue weighted by atomic mass is 16.5. The van der Waals surface area contributed by atoms with Gasteiger partial charge >= 0.3 is 0 Å². The van der Waals surface area contributed by atoms with Crippen molar-refractivity contribution < 1.29 is 38.6 Å². The predicted octanol–water partition coefficient (Wildman–Crippen LogP) is 4.37. The summed E-state index contributed by atoms with van der Waals surface area (Å²) < 4.78 is 30.9. The molecule has 0 saturated heterocycles. The van der Waals surface area contributed by atoms with Crippen LogP contribution in [0.3, 0.4) is 0 Å². The van der Waals surface area contributed by atoms with Crippen LogP contribution in [0.25, 0.3) is 0 Å². The highest BCUT2D eigenvalue weighted by molar-refractivity contribution is 4.63. The molecule has 236 valence electrons. The van der Waals surface area contributed by atoms with Gasteiger partial charge in [-0.1, -0.05) is 39.3 Å². The Morgan fingerprint density at radius 2 is 1.15 bits per heavy atom. The third kappa shape index (κ3) is 44.4. The van der Waals surface area contributed by atoms with Crippen molar-refractivity contribution in [2.45, 2.75) is 78.6 Å². The Bertz CT molecular complexity index is 455. The maximum Gasteiger partial charge on any atom is 0.107 e. The molecule has 0 amide bonds. The lowest BCUT2D eigenvalue weighted by Crippen LogP contribution is -2.31. The summed E-state index contributed by atoms with van der Waals surface area (Å²) in [4.78, 5) is 0. The summed E-state index contributed by atoms with van der Waals surface area (Å²) in [6, 6.07) is 0. The molecule has 0 rings (SSSR count). The zero-order valence-corrected chi connectivity index (χ0v) is 25.9. The van der Waals surface area contributed by atoms with Crippen LogP contribution >= 0.6 is 0 Å². The maximum absolute atomic E-state index is 9.72. The molecule has 0 radical (unpaired) electrons.